The molecule has 1 heterocycles. The minimum absolute atomic E-state index is 0.0529. The van der Waals surface area contributed by atoms with E-state index in [1.54, 1.807) is 7.11 Å². The maximum atomic E-state index is 6.50. The molecule has 3 nitrogen and oxygen atoms in total. The molecule has 0 saturated carbocycles. The number of hydrogen-bond donors (Lipinski definition) is 1. The first-order valence-corrected chi connectivity index (χ1v) is 8.06. The minimum Gasteiger partial charge on any atom is -0.497 e. The van der Waals surface area contributed by atoms with Gasteiger partial charge in [-0.2, -0.15) is 0 Å². The lowest BCUT2D eigenvalue weighted by atomic mass is 9.85. The highest BCUT2D eigenvalue weighted by molar-refractivity contribution is 5.29. The second-order valence-corrected chi connectivity index (χ2v) is 7.09. The van der Waals surface area contributed by atoms with Crippen LogP contribution < -0.4 is 10.5 Å². The van der Waals surface area contributed by atoms with Gasteiger partial charge in [0, 0.05) is 12.1 Å². The standard InChI is InChI=1S/C18H30N2O/c1-14(20-12-5-10-18(2,3)11-13-20)17(19)15-6-8-16(21-4)9-7-15/h6-9,14,17H,5,10-13,19H2,1-4H3. The van der Waals surface area contributed by atoms with E-state index in [2.05, 4.69) is 37.8 Å². The normalized spacial score (nSPS) is 22.3. The van der Waals surface area contributed by atoms with Crippen molar-refractivity contribution in [3.8, 4) is 5.75 Å². The largest absolute Gasteiger partial charge is 0.497 e. The summed E-state index contributed by atoms with van der Waals surface area (Å²) in [6, 6.07) is 8.58. The molecule has 2 rings (SSSR count). The second kappa shape index (κ2) is 6.80. The molecule has 2 N–H and O–H groups in total. The van der Waals surface area contributed by atoms with Crippen molar-refractivity contribution in [1.82, 2.24) is 4.90 Å². The number of benzene rings is 1. The van der Waals surface area contributed by atoms with Gasteiger partial charge in [0.15, 0.2) is 0 Å². The van der Waals surface area contributed by atoms with Crippen molar-refractivity contribution in [2.45, 2.75) is 52.1 Å². The van der Waals surface area contributed by atoms with Crippen LogP contribution in [-0.2, 0) is 0 Å². The molecule has 3 heteroatoms. The molecule has 21 heavy (non-hydrogen) atoms. The van der Waals surface area contributed by atoms with Gasteiger partial charge < -0.3 is 10.5 Å². The molecule has 0 spiro atoms. The molecule has 1 aromatic carbocycles. The summed E-state index contributed by atoms with van der Waals surface area (Å²) in [5, 5.41) is 0. The van der Waals surface area contributed by atoms with Gasteiger partial charge in [0.25, 0.3) is 0 Å². The Morgan fingerprint density at radius 1 is 1.14 bits per heavy atom. The Morgan fingerprint density at radius 3 is 2.43 bits per heavy atom. The molecule has 0 bridgehead atoms. The minimum atomic E-state index is 0.0529. The predicted octanol–water partition coefficient (Wildman–Crippen LogP) is 3.60. The zero-order valence-electron chi connectivity index (χ0n) is 13.9. The number of nitrogens with zero attached hydrogens (tertiary/aromatic N) is 1. The number of nitrogens with two attached hydrogens (primary N) is 1. The molecule has 0 radical (unpaired) electrons. The van der Waals surface area contributed by atoms with Crippen LogP contribution >= 0.6 is 0 Å². The summed E-state index contributed by atoms with van der Waals surface area (Å²) in [4.78, 5) is 2.56. The highest BCUT2D eigenvalue weighted by Gasteiger charge is 2.28. The lowest BCUT2D eigenvalue weighted by Crippen LogP contribution is -2.41. The first-order valence-electron chi connectivity index (χ1n) is 8.06. The summed E-state index contributed by atoms with van der Waals surface area (Å²) < 4.78 is 5.21. The molecular weight excluding hydrogens is 260 g/mol. The molecule has 118 valence electrons. The predicted molar refractivity (Wildman–Crippen MR) is 88.6 cm³/mol. The molecule has 1 aliphatic heterocycles. The van der Waals surface area contributed by atoms with Crippen molar-refractivity contribution in [2.75, 3.05) is 20.2 Å². The molecule has 0 aliphatic carbocycles. The monoisotopic (exact) mass is 290 g/mol. The molecule has 1 fully saturated rings. The van der Waals surface area contributed by atoms with E-state index in [4.69, 9.17) is 10.5 Å². The third kappa shape index (κ3) is 4.21. The summed E-state index contributed by atoms with van der Waals surface area (Å²) in [6.07, 6.45) is 3.84. The van der Waals surface area contributed by atoms with Crippen LogP contribution in [0, 0.1) is 5.41 Å². The fourth-order valence-corrected chi connectivity index (χ4v) is 3.18. The molecule has 2 atom stereocenters. The SMILES string of the molecule is COc1ccc(C(N)C(C)N2CCCC(C)(C)CC2)cc1. The smallest absolute Gasteiger partial charge is 0.118 e. The summed E-state index contributed by atoms with van der Waals surface area (Å²) >= 11 is 0. The van der Waals surface area contributed by atoms with Gasteiger partial charge in [-0.1, -0.05) is 26.0 Å². The lowest BCUT2D eigenvalue weighted by molar-refractivity contribution is 0.183. The van der Waals surface area contributed by atoms with Gasteiger partial charge in [0.1, 0.15) is 5.75 Å². The van der Waals surface area contributed by atoms with Crippen molar-refractivity contribution < 1.29 is 4.74 Å². The Kier molecular flexibility index (Phi) is 5.28. The first kappa shape index (κ1) is 16.3. The van der Waals surface area contributed by atoms with E-state index >= 15 is 0 Å². The Labute approximate surface area is 129 Å². The maximum Gasteiger partial charge on any atom is 0.118 e. The van der Waals surface area contributed by atoms with E-state index in [9.17, 15) is 0 Å². The second-order valence-electron chi connectivity index (χ2n) is 7.09. The van der Waals surface area contributed by atoms with Crippen molar-refractivity contribution in [3.05, 3.63) is 29.8 Å². The molecule has 1 aromatic rings. The van der Waals surface area contributed by atoms with Gasteiger partial charge in [-0.05, 0) is 62.4 Å². The first-order chi connectivity index (χ1) is 9.93. The van der Waals surface area contributed by atoms with Gasteiger partial charge in [0.2, 0.25) is 0 Å². The van der Waals surface area contributed by atoms with Crippen molar-refractivity contribution in [3.63, 3.8) is 0 Å². The third-order valence-electron chi connectivity index (χ3n) is 4.97. The Hall–Kier alpha value is -1.06. The average molecular weight is 290 g/mol. The van der Waals surface area contributed by atoms with E-state index in [1.807, 2.05) is 12.1 Å². The van der Waals surface area contributed by atoms with Gasteiger partial charge in [0.05, 0.1) is 7.11 Å². The zero-order valence-corrected chi connectivity index (χ0v) is 13.9. The quantitative estimate of drug-likeness (QED) is 0.921. The van der Waals surface area contributed by atoms with E-state index < -0.39 is 0 Å². The molecule has 2 unspecified atom stereocenters. The van der Waals surface area contributed by atoms with Crippen LogP contribution in [0.4, 0.5) is 0 Å². The number of ether oxygens (including phenoxy) is 1. The topological polar surface area (TPSA) is 38.5 Å². The number of likely N-dealkylation sites (tertiary alicyclic amines) is 1. The van der Waals surface area contributed by atoms with E-state index in [0.29, 0.717) is 11.5 Å². The summed E-state index contributed by atoms with van der Waals surface area (Å²) in [6.45, 7) is 9.33. The van der Waals surface area contributed by atoms with Gasteiger partial charge in [-0.15, -0.1) is 0 Å². The molecule has 0 aromatic heterocycles. The van der Waals surface area contributed by atoms with Crippen molar-refractivity contribution in [2.24, 2.45) is 11.1 Å². The molecular formula is C18H30N2O. The van der Waals surface area contributed by atoms with Crippen LogP contribution in [0.25, 0.3) is 0 Å². The summed E-state index contributed by atoms with van der Waals surface area (Å²) in [5.41, 5.74) is 8.15. The number of methoxy groups -OCH3 is 1. The van der Waals surface area contributed by atoms with Crippen molar-refractivity contribution >= 4 is 0 Å². The zero-order chi connectivity index (χ0) is 15.5. The molecule has 0 amide bonds. The fraction of sp³-hybridized carbons (Fsp3) is 0.667. The van der Waals surface area contributed by atoms with Crippen LogP contribution in [0.2, 0.25) is 0 Å². The Morgan fingerprint density at radius 2 is 1.81 bits per heavy atom. The van der Waals surface area contributed by atoms with Gasteiger partial charge in [-0.25, -0.2) is 0 Å². The molecule has 1 saturated heterocycles. The van der Waals surface area contributed by atoms with Crippen LogP contribution in [0.15, 0.2) is 24.3 Å². The molecule has 1 aliphatic rings. The maximum absolute atomic E-state index is 6.50. The van der Waals surface area contributed by atoms with Crippen LogP contribution in [0.1, 0.15) is 51.6 Å². The van der Waals surface area contributed by atoms with Crippen LogP contribution in [0.5, 0.6) is 5.75 Å². The lowest BCUT2D eigenvalue weighted by Gasteiger charge is -2.33. The summed E-state index contributed by atoms with van der Waals surface area (Å²) in [7, 11) is 1.69. The fourth-order valence-electron chi connectivity index (χ4n) is 3.18. The highest BCUT2D eigenvalue weighted by atomic mass is 16.5. The third-order valence-corrected chi connectivity index (χ3v) is 4.97. The van der Waals surface area contributed by atoms with Crippen LogP contribution in [0.3, 0.4) is 0 Å². The average Bonchev–Trinajstić information content (AvgIpc) is 2.66. The Bertz CT molecular complexity index is 441. The highest BCUT2D eigenvalue weighted by Crippen LogP contribution is 2.32. The number of hydrogen-bond acceptors (Lipinski definition) is 3. The summed E-state index contributed by atoms with van der Waals surface area (Å²) in [5.74, 6) is 0.884. The van der Waals surface area contributed by atoms with Crippen molar-refractivity contribution in [1.29, 1.82) is 0 Å². The van der Waals surface area contributed by atoms with E-state index in [0.717, 1.165) is 18.8 Å². The van der Waals surface area contributed by atoms with E-state index in [1.165, 1.54) is 24.8 Å². The Balaban J connectivity index is 2.02. The number of rotatable bonds is 4. The van der Waals surface area contributed by atoms with Crippen LogP contribution in [-0.4, -0.2) is 31.1 Å². The van der Waals surface area contributed by atoms with Gasteiger partial charge in [-0.3, -0.25) is 4.90 Å². The van der Waals surface area contributed by atoms with Gasteiger partial charge >= 0.3 is 0 Å². The van der Waals surface area contributed by atoms with E-state index in [-0.39, 0.29) is 6.04 Å².